The minimum absolute atomic E-state index is 0. The summed E-state index contributed by atoms with van der Waals surface area (Å²) in [6, 6.07) is 8.64. The molecule has 5 nitrogen and oxygen atoms in total. The highest BCUT2D eigenvalue weighted by atomic mass is 35.5. The zero-order valence-electron chi connectivity index (χ0n) is 16.7. The fraction of sp³-hybridized carbons (Fsp3) is 0.524. The molecule has 1 fully saturated rings. The van der Waals surface area contributed by atoms with Crippen molar-refractivity contribution in [1.29, 1.82) is 0 Å². The highest BCUT2D eigenvalue weighted by Crippen LogP contribution is 2.26. The normalized spacial score (nSPS) is 20.0. The van der Waals surface area contributed by atoms with Crippen LogP contribution in [-0.4, -0.2) is 27.8 Å². The van der Waals surface area contributed by atoms with Gasteiger partial charge in [-0.05, 0) is 44.7 Å². The number of aryl methyl sites for hydroxylation is 1. The number of amides is 1. The molecule has 0 atom stereocenters. The lowest BCUT2D eigenvalue weighted by molar-refractivity contribution is 0.0923. The number of hydrogen-bond acceptors (Lipinski definition) is 3. The summed E-state index contributed by atoms with van der Waals surface area (Å²) < 4.78 is 1.81. The van der Waals surface area contributed by atoms with Gasteiger partial charge in [-0.3, -0.25) is 4.79 Å². The van der Waals surface area contributed by atoms with Crippen LogP contribution in [0.25, 0.3) is 5.69 Å². The van der Waals surface area contributed by atoms with E-state index in [9.17, 15) is 4.79 Å². The van der Waals surface area contributed by atoms with Gasteiger partial charge in [0.15, 0.2) is 0 Å². The third kappa shape index (κ3) is 5.11. The van der Waals surface area contributed by atoms with Gasteiger partial charge in [0.05, 0.1) is 16.9 Å². The van der Waals surface area contributed by atoms with Crippen LogP contribution < -0.4 is 11.1 Å². The Morgan fingerprint density at radius 2 is 1.74 bits per heavy atom. The molecule has 148 valence electrons. The Kier molecular flexibility index (Phi) is 6.71. The van der Waals surface area contributed by atoms with Crippen molar-refractivity contribution in [3.05, 3.63) is 47.3 Å². The van der Waals surface area contributed by atoms with E-state index in [0.29, 0.717) is 5.56 Å². The highest BCUT2D eigenvalue weighted by Gasteiger charge is 2.28. The van der Waals surface area contributed by atoms with E-state index in [1.807, 2.05) is 23.0 Å². The molecule has 6 heteroatoms. The first-order chi connectivity index (χ1) is 12.2. The number of hydrogen-bond donors (Lipinski definition) is 2. The second-order valence-electron chi connectivity index (χ2n) is 8.51. The number of nitrogens with one attached hydrogen (secondary N) is 1. The summed E-state index contributed by atoms with van der Waals surface area (Å²) in [6.45, 7) is 8.32. The van der Waals surface area contributed by atoms with E-state index < -0.39 is 0 Å². The maximum Gasteiger partial charge on any atom is 0.255 e. The van der Waals surface area contributed by atoms with Crippen LogP contribution in [0.3, 0.4) is 0 Å². The van der Waals surface area contributed by atoms with Crippen molar-refractivity contribution < 1.29 is 4.79 Å². The van der Waals surface area contributed by atoms with Crippen molar-refractivity contribution in [3.63, 3.8) is 0 Å². The molecule has 0 bridgehead atoms. The van der Waals surface area contributed by atoms with Crippen LogP contribution in [0, 0.1) is 6.92 Å². The number of rotatable bonds is 3. The first-order valence-corrected chi connectivity index (χ1v) is 9.47. The third-order valence-electron chi connectivity index (χ3n) is 5.07. The molecule has 0 aliphatic heterocycles. The number of halogens is 1. The predicted molar refractivity (Wildman–Crippen MR) is 112 cm³/mol. The Bertz CT molecular complexity index is 768. The predicted octanol–water partition coefficient (Wildman–Crippen LogP) is 3.90. The summed E-state index contributed by atoms with van der Waals surface area (Å²) in [5.74, 6) is -0.0336. The number of benzene rings is 1. The molecule has 1 heterocycles. The molecule has 1 aromatic heterocycles. The lowest BCUT2D eigenvalue weighted by Gasteiger charge is -2.27. The maximum atomic E-state index is 13.0. The monoisotopic (exact) mass is 390 g/mol. The first kappa shape index (κ1) is 21.5. The fourth-order valence-corrected chi connectivity index (χ4v) is 3.45. The second-order valence-corrected chi connectivity index (χ2v) is 8.51. The van der Waals surface area contributed by atoms with Crippen LogP contribution in [0.15, 0.2) is 30.5 Å². The van der Waals surface area contributed by atoms with Gasteiger partial charge in [-0.25, -0.2) is 4.68 Å². The Morgan fingerprint density at radius 1 is 1.15 bits per heavy atom. The van der Waals surface area contributed by atoms with Gasteiger partial charge >= 0.3 is 0 Å². The van der Waals surface area contributed by atoms with Crippen molar-refractivity contribution >= 4 is 18.3 Å². The molecule has 1 aromatic carbocycles. The van der Waals surface area contributed by atoms with Crippen molar-refractivity contribution in [2.24, 2.45) is 5.73 Å². The molecule has 1 aliphatic rings. The largest absolute Gasteiger partial charge is 0.349 e. The number of carbonyl (C=O) groups excluding carboxylic acids is 1. The van der Waals surface area contributed by atoms with Gasteiger partial charge < -0.3 is 11.1 Å². The Hall–Kier alpha value is -1.85. The van der Waals surface area contributed by atoms with Crippen LogP contribution in [0.4, 0.5) is 0 Å². The standard InChI is InChI=1S/C21H30N4O.ClH/c1-14-5-11-17(12-6-14)25-13-18(19(24-25)21(2,3)4)20(26)23-16-9-7-15(22)8-10-16;/h5-6,11-13,15-16H,7-10,22H2,1-4H3,(H,23,26);1H. The SMILES string of the molecule is Cc1ccc(-n2cc(C(=O)NC3CCC(N)CC3)c(C(C)(C)C)n2)cc1.Cl. The van der Waals surface area contributed by atoms with Crippen molar-refractivity contribution in [3.8, 4) is 5.69 Å². The number of nitrogens with two attached hydrogens (primary N) is 1. The molecule has 27 heavy (non-hydrogen) atoms. The number of carbonyl (C=O) groups is 1. The summed E-state index contributed by atoms with van der Waals surface area (Å²) in [5, 5.41) is 7.94. The summed E-state index contributed by atoms with van der Waals surface area (Å²) in [5.41, 5.74) is 9.41. The van der Waals surface area contributed by atoms with Crippen molar-refractivity contribution in [1.82, 2.24) is 15.1 Å². The molecule has 3 N–H and O–H groups in total. The topological polar surface area (TPSA) is 72.9 Å². The van der Waals surface area contributed by atoms with Gasteiger partial charge in [-0.15, -0.1) is 12.4 Å². The summed E-state index contributed by atoms with van der Waals surface area (Å²) in [6.07, 6.45) is 5.70. The number of aromatic nitrogens is 2. The summed E-state index contributed by atoms with van der Waals surface area (Å²) in [7, 11) is 0. The average Bonchev–Trinajstić information content (AvgIpc) is 3.03. The second kappa shape index (κ2) is 8.44. The van der Waals surface area contributed by atoms with E-state index >= 15 is 0 Å². The van der Waals surface area contributed by atoms with Crippen LogP contribution in [0.1, 0.15) is 68.1 Å². The van der Waals surface area contributed by atoms with Crippen LogP contribution in [0.5, 0.6) is 0 Å². The van der Waals surface area contributed by atoms with Gasteiger partial charge in [-0.1, -0.05) is 38.5 Å². The van der Waals surface area contributed by atoms with E-state index in [4.69, 9.17) is 10.8 Å². The minimum Gasteiger partial charge on any atom is -0.349 e. The maximum absolute atomic E-state index is 13.0. The summed E-state index contributed by atoms with van der Waals surface area (Å²) in [4.78, 5) is 13.0. The molecule has 1 aliphatic carbocycles. The molecule has 2 aromatic rings. The molecule has 0 unspecified atom stereocenters. The third-order valence-corrected chi connectivity index (χ3v) is 5.07. The van der Waals surface area contributed by atoms with Gasteiger partial charge in [0.25, 0.3) is 5.91 Å². The molecule has 0 spiro atoms. The average molecular weight is 391 g/mol. The molecular weight excluding hydrogens is 360 g/mol. The zero-order valence-corrected chi connectivity index (χ0v) is 17.5. The van der Waals surface area contributed by atoms with Crippen LogP contribution >= 0.6 is 12.4 Å². The smallest absolute Gasteiger partial charge is 0.255 e. The summed E-state index contributed by atoms with van der Waals surface area (Å²) >= 11 is 0. The molecule has 0 radical (unpaired) electrons. The molecule has 1 amide bonds. The Morgan fingerprint density at radius 3 is 2.30 bits per heavy atom. The molecule has 1 saturated carbocycles. The van der Waals surface area contributed by atoms with E-state index in [2.05, 4.69) is 45.1 Å². The van der Waals surface area contributed by atoms with Gasteiger partial charge in [-0.2, -0.15) is 5.10 Å². The van der Waals surface area contributed by atoms with Crippen LogP contribution in [-0.2, 0) is 5.41 Å². The van der Waals surface area contributed by atoms with E-state index in [0.717, 1.165) is 37.1 Å². The van der Waals surface area contributed by atoms with Crippen molar-refractivity contribution in [2.75, 3.05) is 0 Å². The molecule has 0 saturated heterocycles. The first-order valence-electron chi connectivity index (χ1n) is 9.47. The van der Waals surface area contributed by atoms with Crippen LogP contribution in [0.2, 0.25) is 0 Å². The molecular formula is C21H31ClN4O. The number of nitrogens with zero attached hydrogens (tertiary/aromatic N) is 2. The minimum atomic E-state index is -0.211. The van der Waals surface area contributed by atoms with Gasteiger partial charge in [0.2, 0.25) is 0 Å². The lowest BCUT2D eigenvalue weighted by atomic mass is 9.88. The van der Waals surface area contributed by atoms with E-state index in [-0.39, 0.29) is 35.8 Å². The lowest BCUT2D eigenvalue weighted by Crippen LogP contribution is -2.41. The van der Waals surface area contributed by atoms with E-state index in [1.54, 1.807) is 0 Å². The fourth-order valence-electron chi connectivity index (χ4n) is 3.45. The Labute approximate surface area is 168 Å². The zero-order chi connectivity index (χ0) is 18.9. The Balaban J connectivity index is 0.00000261. The van der Waals surface area contributed by atoms with Gasteiger partial charge in [0, 0.05) is 23.7 Å². The quantitative estimate of drug-likeness (QED) is 0.834. The van der Waals surface area contributed by atoms with Crippen molar-refractivity contribution in [2.45, 2.75) is 70.9 Å². The highest BCUT2D eigenvalue weighted by molar-refractivity contribution is 5.95. The molecule has 3 rings (SSSR count). The van der Waals surface area contributed by atoms with Gasteiger partial charge in [0.1, 0.15) is 0 Å². The van der Waals surface area contributed by atoms with E-state index in [1.165, 1.54) is 5.56 Å².